The highest BCUT2D eigenvalue weighted by Gasteiger charge is 2.73. The SMILES string of the molecule is CCOc1cccc(/C=N\NC(F)(F)C(F)(F)C(F)(F)F)c1. The van der Waals surface area contributed by atoms with Crippen LogP contribution in [0, 0.1) is 0 Å². The maximum absolute atomic E-state index is 12.9. The first-order chi connectivity index (χ1) is 10.0. The minimum atomic E-state index is -6.41. The van der Waals surface area contributed by atoms with Gasteiger partial charge < -0.3 is 4.74 Å². The van der Waals surface area contributed by atoms with Crippen molar-refractivity contribution in [1.29, 1.82) is 0 Å². The fourth-order valence-corrected chi connectivity index (χ4v) is 1.29. The smallest absolute Gasteiger partial charge is 0.462 e. The molecule has 0 aliphatic heterocycles. The molecule has 10 heteroatoms. The van der Waals surface area contributed by atoms with E-state index in [4.69, 9.17) is 4.74 Å². The van der Waals surface area contributed by atoms with Crippen molar-refractivity contribution in [3.8, 4) is 5.75 Å². The van der Waals surface area contributed by atoms with Gasteiger partial charge in [-0.05, 0) is 24.6 Å². The minimum absolute atomic E-state index is 0.171. The molecule has 0 unspecified atom stereocenters. The summed E-state index contributed by atoms with van der Waals surface area (Å²) in [7, 11) is 0. The summed E-state index contributed by atoms with van der Waals surface area (Å²) in [5.74, 6) is -5.90. The highest BCUT2D eigenvalue weighted by atomic mass is 19.4. The Morgan fingerprint density at radius 1 is 1.14 bits per heavy atom. The van der Waals surface area contributed by atoms with Crippen LogP contribution in [0.2, 0.25) is 0 Å². The van der Waals surface area contributed by atoms with Crippen molar-refractivity contribution >= 4 is 6.21 Å². The lowest BCUT2D eigenvalue weighted by Gasteiger charge is -2.27. The van der Waals surface area contributed by atoms with Crippen molar-refractivity contribution in [1.82, 2.24) is 5.43 Å². The predicted octanol–water partition coefficient (Wildman–Crippen LogP) is 3.80. The van der Waals surface area contributed by atoms with Crippen LogP contribution in [0.5, 0.6) is 5.75 Å². The van der Waals surface area contributed by atoms with Gasteiger partial charge in [-0.25, -0.2) is 5.43 Å². The zero-order chi connectivity index (χ0) is 17.0. The van der Waals surface area contributed by atoms with E-state index in [9.17, 15) is 30.7 Å². The average molecular weight is 332 g/mol. The van der Waals surface area contributed by atoms with E-state index in [0.717, 1.165) is 0 Å². The predicted molar refractivity (Wildman–Crippen MR) is 64.3 cm³/mol. The first kappa shape index (κ1) is 18.1. The van der Waals surface area contributed by atoms with Crippen molar-refractivity contribution in [3.05, 3.63) is 29.8 Å². The second-order valence-electron chi connectivity index (χ2n) is 4.02. The molecule has 0 radical (unpaired) electrons. The Morgan fingerprint density at radius 2 is 1.77 bits per heavy atom. The molecule has 1 aromatic carbocycles. The third-order valence-corrected chi connectivity index (χ3v) is 2.34. The van der Waals surface area contributed by atoms with Crippen LogP contribution in [0.3, 0.4) is 0 Å². The molecule has 0 saturated carbocycles. The molecule has 0 aromatic heterocycles. The van der Waals surface area contributed by atoms with Crippen LogP contribution in [0.4, 0.5) is 30.7 Å². The number of halogens is 7. The molecule has 1 rings (SSSR count). The van der Waals surface area contributed by atoms with Gasteiger partial charge in [0.15, 0.2) is 0 Å². The van der Waals surface area contributed by atoms with Gasteiger partial charge in [-0.1, -0.05) is 12.1 Å². The van der Waals surface area contributed by atoms with E-state index < -0.39 is 18.1 Å². The van der Waals surface area contributed by atoms with E-state index in [1.165, 1.54) is 18.2 Å². The van der Waals surface area contributed by atoms with Gasteiger partial charge in [0.2, 0.25) is 0 Å². The fourth-order valence-electron chi connectivity index (χ4n) is 1.29. The van der Waals surface area contributed by atoms with E-state index in [2.05, 4.69) is 5.10 Å². The number of benzene rings is 1. The van der Waals surface area contributed by atoms with Gasteiger partial charge in [0, 0.05) is 0 Å². The van der Waals surface area contributed by atoms with Crippen molar-refractivity contribution in [2.24, 2.45) is 5.10 Å². The lowest BCUT2D eigenvalue weighted by molar-refractivity contribution is -0.361. The maximum Gasteiger partial charge on any atom is 0.462 e. The zero-order valence-electron chi connectivity index (χ0n) is 11.1. The van der Waals surface area contributed by atoms with Crippen LogP contribution in [-0.2, 0) is 0 Å². The summed E-state index contributed by atoms with van der Waals surface area (Å²) in [6.07, 6.45) is -5.74. The highest BCUT2D eigenvalue weighted by Crippen LogP contribution is 2.44. The van der Waals surface area contributed by atoms with E-state index in [0.29, 0.717) is 24.0 Å². The maximum atomic E-state index is 12.9. The number of nitrogens with one attached hydrogen (secondary N) is 1. The molecule has 1 aromatic rings. The Hall–Kier alpha value is -2.00. The number of hydrazone groups is 1. The van der Waals surface area contributed by atoms with Gasteiger partial charge in [-0.2, -0.15) is 35.8 Å². The standard InChI is InChI=1S/C12H11F7N2O/c1-2-22-9-5-3-4-8(6-9)7-20-21-12(18,19)10(13,14)11(15,16)17/h3-7,21H,2H2,1H3/b20-7-. The zero-order valence-corrected chi connectivity index (χ0v) is 11.1. The number of nitrogens with zero attached hydrogens (tertiary/aromatic N) is 1. The van der Waals surface area contributed by atoms with E-state index in [1.54, 1.807) is 13.0 Å². The number of rotatable bonds is 6. The van der Waals surface area contributed by atoms with Gasteiger partial charge in [0.25, 0.3) is 0 Å². The van der Waals surface area contributed by atoms with E-state index >= 15 is 0 Å². The Labute approximate surface area is 120 Å². The number of hydrogen-bond donors (Lipinski definition) is 1. The average Bonchev–Trinajstić information content (AvgIpc) is 2.38. The lowest BCUT2D eigenvalue weighted by Crippen LogP contribution is -2.58. The highest BCUT2D eigenvalue weighted by molar-refractivity contribution is 5.79. The Kier molecular flexibility index (Phi) is 5.26. The molecule has 0 aliphatic rings. The third-order valence-electron chi connectivity index (χ3n) is 2.34. The largest absolute Gasteiger partial charge is 0.494 e. The van der Waals surface area contributed by atoms with Crippen LogP contribution >= 0.6 is 0 Å². The van der Waals surface area contributed by atoms with Crippen LogP contribution in [0.1, 0.15) is 12.5 Å². The normalized spacial score (nSPS) is 13.5. The van der Waals surface area contributed by atoms with Crippen molar-refractivity contribution in [3.63, 3.8) is 0 Å². The Balaban J connectivity index is 2.82. The second-order valence-corrected chi connectivity index (χ2v) is 4.02. The Morgan fingerprint density at radius 3 is 2.32 bits per heavy atom. The summed E-state index contributed by atoms with van der Waals surface area (Å²) in [4.78, 5) is 0. The quantitative estimate of drug-likeness (QED) is 0.372. The molecule has 3 nitrogen and oxygen atoms in total. The molecule has 0 atom stereocenters. The van der Waals surface area contributed by atoms with Crippen LogP contribution < -0.4 is 10.2 Å². The number of hydrogen-bond acceptors (Lipinski definition) is 3. The fraction of sp³-hybridized carbons (Fsp3) is 0.417. The second kappa shape index (κ2) is 6.41. The molecule has 124 valence electrons. The van der Waals surface area contributed by atoms with Crippen molar-refractivity contribution < 1.29 is 35.5 Å². The Bertz CT molecular complexity index is 528. The number of ether oxygens (including phenoxy) is 1. The van der Waals surface area contributed by atoms with Crippen LogP contribution in [0.15, 0.2) is 29.4 Å². The molecule has 0 fully saturated rings. The van der Waals surface area contributed by atoms with Gasteiger partial charge in [0.05, 0.1) is 12.8 Å². The molecule has 0 aliphatic carbocycles. The van der Waals surface area contributed by atoms with Crippen molar-refractivity contribution in [2.75, 3.05) is 6.61 Å². The summed E-state index contributed by atoms with van der Waals surface area (Å²) >= 11 is 0. The molecule has 0 bridgehead atoms. The third kappa shape index (κ3) is 4.01. The van der Waals surface area contributed by atoms with Gasteiger partial charge in [0.1, 0.15) is 5.75 Å². The van der Waals surface area contributed by atoms with Crippen LogP contribution in [-0.4, -0.2) is 31.0 Å². The van der Waals surface area contributed by atoms with Gasteiger partial charge in [-0.15, -0.1) is 0 Å². The number of alkyl halides is 7. The summed E-state index contributed by atoms with van der Waals surface area (Å²) in [6, 6.07) is 0.136. The first-order valence-corrected chi connectivity index (χ1v) is 5.86. The van der Waals surface area contributed by atoms with Crippen LogP contribution in [0.25, 0.3) is 0 Å². The topological polar surface area (TPSA) is 33.6 Å². The molecule has 0 heterocycles. The minimum Gasteiger partial charge on any atom is -0.494 e. The summed E-state index contributed by atoms with van der Waals surface area (Å²) in [5.41, 5.74) is 0.702. The van der Waals surface area contributed by atoms with E-state index in [1.807, 2.05) is 0 Å². The van der Waals surface area contributed by atoms with E-state index in [-0.39, 0.29) is 5.56 Å². The first-order valence-electron chi connectivity index (χ1n) is 5.86. The molecule has 22 heavy (non-hydrogen) atoms. The molecule has 1 N–H and O–H groups in total. The van der Waals surface area contributed by atoms with Gasteiger partial charge >= 0.3 is 18.1 Å². The molecule has 0 spiro atoms. The molecule has 0 amide bonds. The molecular weight excluding hydrogens is 321 g/mol. The summed E-state index contributed by atoms with van der Waals surface area (Å²) in [6.45, 7) is 2.02. The summed E-state index contributed by atoms with van der Waals surface area (Å²) < 4.78 is 91.6. The molecule has 0 saturated heterocycles. The van der Waals surface area contributed by atoms with Crippen molar-refractivity contribution in [2.45, 2.75) is 25.1 Å². The lowest BCUT2D eigenvalue weighted by atomic mass is 10.2. The monoisotopic (exact) mass is 332 g/mol. The molecular formula is C12H11F7N2O. The van der Waals surface area contributed by atoms with Gasteiger partial charge in [-0.3, -0.25) is 0 Å². The summed E-state index contributed by atoms with van der Waals surface area (Å²) in [5, 5.41) is 2.73.